The molecule has 0 heterocycles. The summed E-state index contributed by atoms with van der Waals surface area (Å²) in [5.41, 5.74) is 1.10. The molecule has 22 heavy (non-hydrogen) atoms. The minimum atomic E-state index is -1.64. The monoisotopic (exact) mass is 356 g/mol. The zero-order valence-electron chi connectivity index (χ0n) is 15.7. The van der Waals surface area contributed by atoms with Gasteiger partial charge in [-0.1, -0.05) is 0 Å². The van der Waals surface area contributed by atoms with E-state index in [0.717, 1.165) is 17.1 Å². The smallest absolute Gasteiger partial charge is 0.242 e. The molecule has 0 radical (unpaired) electrons. The normalized spacial score (nSPS) is 13.1. The first-order valence-corrected chi connectivity index (χ1v) is 18.1. The molecule has 0 aliphatic carbocycles. The van der Waals surface area contributed by atoms with Crippen LogP contribution in [0.5, 0.6) is 11.5 Å². The Bertz CT molecular complexity index is 497. The van der Waals surface area contributed by atoms with Crippen molar-refractivity contribution in [3.8, 4) is 11.5 Å². The fraction of sp³-hybridized carbons (Fsp3) is 0.625. The van der Waals surface area contributed by atoms with Crippen LogP contribution in [0, 0.1) is 0 Å². The molecule has 0 saturated carbocycles. The molecule has 0 bridgehead atoms. The zero-order valence-corrected chi connectivity index (χ0v) is 18.7. The Labute approximate surface area is 139 Å². The molecule has 0 atom stereocenters. The largest absolute Gasteiger partial charge is 0.544 e. The van der Waals surface area contributed by atoms with E-state index in [0.29, 0.717) is 6.61 Å². The van der Waals surface area contributed by atoms with Crippen LogP contribution < -0.4 is 8.85 Å². The van der Waals surface area contributed by atoms with Crippen molar-refractivity contribution in [2.45, 2.75) is 65.5 Å². The molecule has 0 aliphatic rings. The molecule has 1 aromatic carbocycles. The van der Waals surface area contributed by atoms with Crippen LogP contribution >= 0.6 is 0 Å². The Balaban J connectivity index is 3.05. The van der Waals surface area contributed by atoms with Gasteiger partial charge in [-0.25, -0.2) is 0 Å². The van der Waals surface area contributed by atoms with Gasteiger partial charge in [-0.3, -0.25) is 0 Å². The van der Waals surface area contributed by atoms with E-state index < -0.39 is 25.0 Å². The van der Waals surface area contributed by atoms with E-state index in [-0.39, 0.29) is 0 Å². The van der Waals surface area contributed by atoms with E-state index in [1.807, 2.05) is 12.1 Å². The average Bonchev–Trinajstić information content (AvgIpc) is 2.24. The van der Waals surface area contributed by atoms with Crippen LogP contribution in [0.25, 0.3) is 0 Å². The van der Waals surface area contributed by atoms with Crippen LogP contribution in [0.3, 0.4) is 0 Å². The molecule has 6 heteroatoms. The first-order valence-electron chi connectivity index (χ1n) is 7.90. The predicted molar refractivity (Wildman–Crippen MR) is 103 cm³/mol. The van der Waals surface area contributed by atoms with Crippen molar-refractivity contribution in [2.75, 3.05) is 0 Å². The van der Waals surface area contributed by atoms with Crippen molar-refractivity contribution in [3.63, 3.8) is 0 Å². The van der Waals surface area contributed by atoms with Crippen molar-refractivity contribution in [1.82, 2.24) is 0 Å². The first kappa shape index (κ1) is 19.5. The van der Waals surface area contributed by atoms with Gasteiger partial charge >= 0.3 is 0 Å². The van der Waals surface area contributed by atoms with Crippen molar-refractivity contribution < 1.29 is 13.3 Å². The van der Waals surface area contributed by atoms with Crippen LogP contribution in [-0.4, -0.2) is 25.0 Å². The van der Waals surface area contributed by atoms with Gasteiger partial charge in [0.15, 0.2) is 8.32 Å². The average molecular weight is 357 g/mol. The third-order valence-electron chi connectivity index (χ3n) is 2.53. The van der Waals surface area contributed by atoms with Crippen LogP contribution in [0.2, 0.25) is 58.9 Å². The van der Waals surface area contributed by atoms with Crippen molar-refractivity contribution in [1.29, 1.82) is 0 Å². The molecule has 3 nitrogen and oxygen atoms in total. The van der Waals surface area contributed by atoms with Crippen molar-refractivity contribution >= 4 is 25.0 Å². The second kappa shape index (κ2) is 6.90. The van der Waals surface area contributed by atoms with Gasteiger partial charge in [-0.05, 0) is 77.1 Å². The topological polar surface area (TPSA) is 27.7 Å². The lowest BCUT2D eigenvalue weighted by atomic mass is 10.2. The molecule has 0 N–H and O–H groups in total. The van der Waals surface area contributed by atoms with Gasteiger partial charge in [0.05, 0.1) is 6.61 Å². The molecule has 0 aliphatic heterocycles. The molecule has 0 spiro atoms. The van der Waals surface area contributed by atoms with Gasteiger partial charge in [0.2, 0.25) is 16.6 Å². The summed E-state index contributed by atoms with van der Waals surface area (Å²) in [6.07, 6.45) is 0. The summed E-state index contributed by atoms with van der Waals surface area (Å²) in [6.45, 7) is 20.4. The van der Waals surface area contributed by atoms with Crippen molar-refractivity contribution in [3.05, 3.63) is 23.8 Å². The maximum atomic E-state index is 6.21. The Morgan fingerprint density at radius 1 is 0.727 bits per heavy atom. The third kappa shape index (κ3) is 8.17. The number of hydrogen-bond donors (Lipinski definition) is 0. The van der Waals surface area contributed by atoms with Gasteiger partial charge < -0.3 is 13.3 Å². The molecule has 1 rings (SSSR count). The minimum absolute atomic E-state index is 0.596. The van der Waals surface area contributed by atoms with Gasteiger partial charge in [-0.15, -0.1) is 0 Å². The lowest BCUT2D eigenvalue weighted by Crippen LogP contribution is -2.31. The summed E-state index contributed by atoms with van der Waals surface area (Å²) in [6, 6.07) is 6.15. The summed E-state index contributed by atoms with van der Waals surface area (Å²) in [4.78, 5) is 0. The highest BCUT2D eigenvalue weighted by Crippen LogP contribution is 2.29. The van der Waals surface area contributed by atoms with E-state index >= 15 is 0 Å². The Morgan fingerprint density at radius 2 is 1.27 bits per heavy atom. The fourth-order valence-corrected chi connectivity index (χ4v) is 4.09. The molecular formula is C16H32O3Si3. The molecule has 1 aromatic rings. The highest BCUT2D eigenvalue weighted by atomic mass is 28.4. The molecule has 0 amide bonds. The van der Waals surface area contributed by atoms with Gasteiger partial charge in [0.25, 0.3) is 0 Å². The van der Waals surface area contributed by atoms with Gasteiger partial charge in [-0.2, -0.15) is 0 Å². The fourth-order valence-electron chi connectivity index (χ4n) is 1.81. The Morgan fingerprint density at radius 3 is 1.73 bits per heavy atom. The highest BCUT2D eigenvalue weighted by molar-refractivity contribution is 6.71. The highest BCUT2D eigenvalue weighted by Gasteiger charge is 2.22. The second-order valence-corrected chi connectivity index (χ2v) is 22.0. The van der Waals surface area contributed by atoms with Crippen LogP contribution in [0.4, 0.5) is 0 Å². The molecule has 0 aromatic heterocycles. The van der Waals surface area contributed by atoms with E-state index in [9.17, 15) is 0 Å². The predicted octanol–water partition coefficient (Wildman–Crippen LogP) is 5.47. The summed E-state index contributed by atoms with van der Waals surface area (Å²) in [5.74, 6) is 1.87. The van der Waals surface area contributed by atoms with E-state index in [2.05, 4.69) is 65.0 Å². The van der Waals surface area contributed by atoms with Crippen LogP contribution in [0.15, 0.2) is 18.2 Å². The molecule has 0 fully saturated rings. The standard InChI is InChI=1S/C16H32O3Si3/c1-20(2,3)17-13-14-12-15(18-21(4,5)6)10-11-16(14)19-22(7,8)9/h10-12H,13H2,1-9H3. The Hall–Kier alpha value is -0.569. The summed E-state index contributed by atoms with van der Waals surface area (Å²) >= 11 is 0. The quantitative estimate of drug-likeness (QED) is 0.607. The lowest BCUT2D eigenvalue weighted by molar-refractivity contribution is 0.295. The summed E-state index contributed by atoms with van der Waals surface area (Å²) in [5, 5.41) is 0. The maximum absolute atomic E-state index is 6.21. The van der Waals surface area contributed by atoms with Gasteiger partial charge in [0, 0.05) is 5.56 Å². The van der Waals surface area contributed by atoms with E-state index in [1.165, 1.54) is 0 Å². The molecular weight excluding hydrogens is 324 g/mol. The molecule has 0 saturated heterocycles. The minimum Gasteiger partial charge on any atom is -0.544 e. The number of benzene rings is 1. The van der Waals surface area contributed by atoms with E-state index in [4.69, 9.17) is 13.3 Å². The second-order valence-electron chi connectivity index (χ2n) is 8.60. The van der Waals surface area contributed by atoms with E-state index in [1.54, 1.807) is 0 Å². The first-order chi connectivity index (χ1) is 9.75. The summed E-state index contributed by atoms with van der Waals surface area (Å²) in [7, 11) is -4.82. The SMILES string of the molecule is C[Si](C)(C)OCc1cc(O[Si](C)(C)C)ccc1O[Si](C)(C)C. The van der Waals surface area contributed by atoms with Crippen molar-refractivity contribution in [2.24, 2.45) is 0 Å². The number of hydrogen-bond acceptors (Lipinski definition) is 3. The van der Waals surface area contributed by atoms with Crippen LogP contribution in [0.1, 0.15) is 5.56 Å². The third-order valence-corrected chi connectivity index (χ3v) is 5.22. The molecule has 126 valence electrons. The molecule has 0 unspecified atom stereocenters. The summed E-state index contributed by atoms with van der Waals surface area (Å²) < 4.78 is 18.4. The number of rotatable bonds is 7. The lowest BCUT2D eigenvalue weighted by Gasteiger charge is -2.25. The Kier molecular flexibility index (Phi) is 6.11. The van der Waals surface area contributed by atoms with Gasteiger partial charge in [0.1, 0.15) is 11.5 Å². The van der Waals surface area contributed by atoms with Crippen LogP contribution in [-0.2, 0) is 11.0 Å². The zero-order chi connectivity index (χ0) is 17.2. The maximum Gasteiger partial charge on any atom is 0.242 e.